The normalized spacial score (nSPS) is 10.6. The van der Waals surface area contributed by atoms with Crippen LogP contribution in [0, 0.1) is 0 Å². The summed E-state index contributed by atoms with van der Waals surface area (Å²) in [6, 6.07) is 6.85. The first-order chi connectivity index (χ1) is 11.7. The van der Waals surface area contributed by atoms with Gasteiger partial charge < -0.3 is 13.9 Å². The van der Waals surface area contributed by atoms with Gasteiger partial charge in [-0.1, -0.05) is 0 Å². The molecule has 24 heavy (non-hydrogen) atoms. The van der Waals surface area contributed by atoms with Crippen LogP contribution in [0.5, 0.6) is 5.75 Å². The Labute approximate surface area is 138 Å². The van der Waals surface area contributed by atoms with Crippen LogP contribution in [-0.4, -0.2) is 27.8 Å². The highest BCUT2D eigenvalue weighted by molar-refractivity contribution is 5.89. The van der Waals surface area contributed by atoms with E-state index in [4.69, 9.17) is 9.15 Å². The van der Waals surface area contributed by atoms with Crippen molar-refractivity contribution in [2.24, 2.45) is 0 Å². The number of hydrogen-bond donors (Lipinski definition) is 0. The zero-order valence-electron chi connectivity index (χ0n) is 13.4. The Hall–Kier alpha value is -3.09. The molecule has 0 spiro atoms. The molecule has 0 aliphatic rings. The quantitative estimate of drug-likeness (QED) is 0.648. The van der Waals surface area contributed by atoms with Crippen LogP contribution in [-0.2, 0) is 17.9 Å². The molecule has 3 aromatic rings. The molecule has 124 valence electrons. The SMILES string of the molecule is CCn1cc(OCc2coc(-c3ccc(C(=O)OC)cc3)n2)cn1. The topological polar surface area (TPSA) is 79.4 Å². The number of benzene rings is 1. The number of oxazole rings is 1. The molecule has 0 fully saturated rings. The van der Waals surface area contributed by atoms with E-state index in [2.05, 4.69) is 14.8 Å². The summed E-state index contributed by atoms with van der Waals surface area (Å²) in [4.78, 5) is 15.8. The lowest BCUT2D eigenvalue weighted by Gasteiger charge is -2.00. The number of carbonyl (C=O) groups is 1. The lowest BCUT2D eigenvalue weighted by molar-refractivity contribution is 0.0600. The van der Waals surface area contributed by atoms with Crippen LogP contribution < -0.4 is 4.74 Å². The molecule has 0 bridgehead atoms. The Balaban J connectivity index is 1.65. The minimum absolute atomic E-state index is 0.291. The number of ether oxygens (including phenoxy) is 2. The molecule has 0 N–H and O–H groups in total. The zero-order chi connectivity index (χ0) is 16.9. The standard InChI is InChI=1S/C17H17N3O4/c1-3-20-9-15(8-18-20)23-10-14-11-24-16(19-14)12-4-6-13(7-5-12)17(21)22-2/h4-9,11H,3,10H2,1-2H3. The van der Waals surface area contributed by atoms with Gasteiger partial charge in [0.1, 0.15) is 18.6 Å². The van der Waals surface area contributed by atoms with Gasteiger partial charge in [-0.25, -0.2) is 9.78 Å². The molecule has 7 nitrogen and oxygen atoms in total. The van der Waals surface area contributed by atoms with Gasteiger partial charge in [0.2, 0.25) is 5.89 Å². The minimum Gasteiger partial charge on any atom is -0.484 e. The predicted octanol–water partition coefficient (Wildman–Crippen LogP) is 2.92. The second-order valence-corrected chi connectivity index (χ2v) is 5.03. The van der Waals surface area contributed by atoms with Crippen LogP contribution >= 0.6 is 0 Å². The fraction of sp³-hybridized carbons (Fsp3) is 0.235. The van der Waals surface area contributed by atoms with E-state index in [1.54, 1.807) is 41.4 Å². The molecular weight excluding hydrogens is 310 g/mol. The second kappa shape index (κ2) is 6.99. The molecule has 3 rings (SSSR count). The summed E-state index contributed by atoms with van der Waals surface area (Å²) in [6.07, 6.45) is 5.04. The van der Waals surface area contributed by atoms with Crippen molar-refractivity contribution in [3.8, 4) is 17.2 Å². The summed E-state index contributed by atoms with van der Waals surface area (Å²) < 4.78 is 17.5. The van der Waals surface area contributed by atoms with Crippen molar-refractivity contribution < 1.29 is 18.7 Å². The maximum Gasteiger partial charge on any atom is 0.337 e. The van der Waals surface area contributed by atoms with Gasteiger partial charge in [-0.15, -0.1) is 0 Å². The molecule has 0 radical (unpaired) electrons. The van der Waals surface area contributed by atoms with Crippen molar-refractivity contribution in [2.75, 3.05) is 7.11 Å². The van der Waals surface area contributed by atoms with Crippen molar-refractivity contribution >= 4 is 5.97 Å². The van der Waals surface area contributed by atoms with Gasteiger partial charge in [0.15, 0.2) is 5.75 Å². The fourth-order valence-electron chi connectivity index (χ4n) is 2.12. The van der Waals surface area contributed by atoms with E-state index >= 15 is 0 Å². The van der Waals surface area contributed by atoms with Gasteiger partial charge in [0.25, 0.3) is 0 Å². The number of hydrogen-bond acceptors (Lipinski definition) is 6. The number of nitrogens with zero attached hydrogens (tertiary/aromatic N) is 3. The molecule has 2 aromatic heterocycles. The Morgan fingerprint density at radius 1 is 1.29 bits per heavy atom. The number of rotatable bonds is 6. The first kappa shape index (κ1) is 15.8. The first-order valence-electron chi connectivity index (χ1n) is 7.48. The Morgan fingerprint density at radius 2 is 2.08 bits per heavy atom. The van der Waals surface area contributed by atoms with Crippen LogP contribution in [0.2, 0.25) is 0 Å². The van der Waals surface area contributed by atoms with Crippen molar-refractivity contribution in [3.63, 3.8) is 0 Å². The highest BCUT2D eigenvalue weighted by atomic mass is 16.5. The van der Waals surface area contributed by atoms with Crippen molar-refractivity contribution in [1.82, 2.24) is 14.8 Å². The van der Waals surface area contributed by atoms with Crippen molar-refractivity contribution in [3.05, 3.63) is 54.2 Å². The Bertz CT molecular complexity index is 820. The van der Waals surface area contributed by atoms with E-state index in [0.29, 0.717) is 29.5 Å². The smallest absolute Gasteiger partial charge is 0.337 e. The molecule has 1 aromatic carbocycles. The second-order valence-electron chi connectivity index (χ2n) is 5.03. The number of aryl methyl sites for hydroxylation is 1. The highest BCUT2D eigenvalue weighted by Crippen LogP contribution is 2.20. The largest absolute Gasteiger partial charge is 0.484 e. The van der Waals surface area contributed by atoms with E-state index in [9.17, 15) is 4.79 Å². The van der Waals surface area contributed by atoms with E-state index < -0.39 is 0 Å². The first-order valence-corrected chi connectivity index (χ1v) is 7.48. The van der Waals surface area contributed by atoms with E-state index in [1.165, 1.54) is 7.11 Å². The molecule has 0 amide bonds. The van der Waals surface area contributed by atoms with Crippen LogP contribution in [0.3, 0.4) is 0 Å². The monoisotopic (exact) mass is 327 g/mol. The van der Waals surface area contributed by atoms with Crippen molar-refractivity contribution in [2.45, 2.75) is 20.1 Å². The molecule has 0 atom stereocenters. The third kappa shape index (κ3) is 3.45. The lowest BCUT2D eigenvalue weighted by atomic mass is 10.1. The molecule has 2 heterocycles. The Kier molecular flexibility index (Phi) is 4.60. The minimum atomic E-state index is -0.379. The number of aromatic nitrogens is 3. The third-order valence-electron chi connectivity index (χ3n) is 3.42. The maximum atomic E-state index is 11.4. The highest BCUT2D eigenvalue weighted by Gasteiger charge is 2.10. The van der Waals surface area contributed by atoms with Crippen LogP contribution in [0.25, 0.3) is 11.5 Å². The molecule has 0 aliphatic carbocycles. The summed E-state index contributed by atoms with van der Waals surface area (Å²) >= 11 is 0. The van der Waals surface area contributed by atoms with E-state index in [0.717, 1.165) is 12.1 Å². The van der Waals surface area contributed by atoms with Gasteiger partial charge >= 0.3 is 5.97 Å². The number of carbonyl (C=O) groups excluding carboxylic acids is 1. The molecule has 7 heteroatoms. The van der Waals surface area contributed by atoms with Gasteiger partial charge in [-0.3, -0.25) is 4.68 Å². The zero-order valence-corrected chi connectivity index (χ0v) is 13.4. The molecular formula is C17H17N3O4. The summed E-state index contributed by atoms with van der Waals surface area (Å²) in [7, 11) is 1.35. The molecule has 0 saturated heterocycles. The average molecular weight is 327 g/mol. The average Bonchev–Trinajstić information content (AvgIpc) is 3.28. The van der Waals surface area contributed by atoms with Gasteiger partial charge in [-0.05, 0) is 31.2 Å². The van der Waals surface area contributed by atoms with Crippen molar-refractivity contribution in [1.29, 1.82) is 0 Å². The molecule has 0 aliphatic heterocycles. The van der Waals surface area contributed by atoms with E-state index in [-0.39, 0.29) is 5.97 Å². The van der Waals surface area contributed by atoms with Crippen LogP contribution in [0.1, 0.15) is 23.0 Å². The predicted molar refractivity (Wildman–Crippen MR) is 85.5 cm³/mol. The van der Waals surface area contributed by atoms with Crippen LogP contribution in [0.15, 0.2) is 47.3 Å². The third-order valence-corrected chi connectivity index (χ3v) is 3.42. The molecule has 0 unspecified atom stereocenters. The summed E-state index contributed by atoms with van der Waals surface area (Å²) in [6.45, 7) is 3.09. The lowest BCUT2D eigenvalue weighted by Crippen LogP contribution is -2.00. The number of methoxy groups -OCH3 is 1. The van der Waals surface area contributed by atoms with Gasteiger partial charge in [0, 0.05) is 12.1 Å². The number of esters is 1. The summed E-state index contributed by atoms with van der Waals surface area (Å²) in [5.74, 6) is 0.772. The van der Waals surface area contributed by atoms with E-state index in [1.807, 2.05) is 13.1 Å². The molecule has 0 saturated carbocycles. The maximum absolute atomic E-state index is 11.4. The van der Waals surface area contributed by atoms with Gasteiger partial charge in [-0.2, -0.15) is 5.10 Å². The summed E-state index contributed by atoms with van der Waals surface area (Å²) in [5, 5.41) is 4.14. The van der Waals surface area contributed by atoms with Gasteiger partial charge in [0.05, 0.1) is 25.1 Å². The fourth-order valence-corrected chi connectivity index (χ4v) is 2.12. The van der Waals surface area contributed by atoms with Crippen LogP contribution in [0.4, 0.5) is 0 Å². The summed E-state index contributed by atoms with van der Waals surface area (Å²) in [5.41, 5.74) is 1.92. The Morgan fingerprint density at radius 3 is 2.75 bits per heavy atom.